The molecule has 0 radical (unpaired) electrons. The molecule has 1 aliphatic heterocycles. The van der Waals surface area contributed by atoms with Crippen molar-refractivity contribution >= 4 is 23.6 Å². The quantitative estimate of drug-likeness (QED) is 0.824. The highest BCUT2D eigenvalue weighted by Crippen LogP contribution is 2.36. The Bertz CT molecular complexity index is 572. The van der Waals surface area contributed by atoms with Crippen molar-refractivity contribution in [2.24, 2.45) is 5.73 Å². The maximum atomic E-state index is 12.3. The van der Waals surface area contributed by atoms with Crippen LogP contribution in [0.5, 0.6) is 0 Å². The molecule has 1 aromatic carbocycles. The Morgan fingerprint density at radius 2 is 2.05 bits per heavy atom. The summed E-state index contributed by atoms with van der Waals surface area (Å²) in [6.07, 6.45) is 0. The first-order valence-electron chi connectivity index (χ1n) is 6.04. The van der Waals surface area contributed by atoms with Gasteiger partial charge in [0, 0.05) is 19.3 Å². The van der Waals surface area contributed by atoms with Crippen LogP contribution in [0.2, 0.25) is 0 Å². The smallest absolute Gasteiger partial charge is 0.324 e. The zero-order chi connectivity index (χ0) is 14.9. The molecule has 0 spiro atoms. The number of rotatable bonds is 3. The van der Waals surface area contributed by atoms with Crippen molar-refractivity contribution < 1.29 is 19.5 Å². The number of amides is 3. The molecule has 20 heavy (non-hydrogen) atoms. The number of carboxylic acids is 1. The number of anilines is 1. The van der Waals surface area contributed by atoms with Gasteiger partial charge in [0.15, 0.2) is 0 Å². The number of carbonyl (C=O) groups is 3. The second-order valence-corrected chi connectivity index (χ2v) is 4.67. The first kappa shape index (κ1) is 13.9. The largest absolute Gasteiger partial charge is 0.481 e. The predicted octanol–water partition coefficient (Wildman–Crippen LogP) is 0.212. The second kappa shape index (κ2) is 5.20. The molecule has 106 valence electrons. The molecule has 0 aromatic heterocycles. The minimum atomic E-state index is -0.981. The summed E-state index contributed by atoms with van der Waals surface area (Å²) in [6.45, 7) is -0.161. The third kappa shape index (κ3) is 2.42. The van der Waals surface area contributed by atoms with E-state index in [1.807, 2.05) is 0 Å². The minimum absolute atomic E-state index is 0.0522. The van der Waals surface area contributed by atoms with Crippen LogP contribution in [0, 0.1) is 0 Å². The number of carbonyl (C=O) groups excluding carboxylic acids is 2. The van der Waals surface area contributed by atoms with Gasteiger partial charge >= 0.3 is 12.0 Å². The summed E-state index contributed by atoms with van der Waals surface area (Å²) in [6, 6.07) is 6.40. The summed E-state index contributed by atoms with van der Waals surface area (Å²) >= 11 is 0. The summed E-state index contributed by atoms with van der Waals surface area (Å²) in [5.41, 5.74) is 6.21. The topological polar surface area (TPSA) is 104 Å². The average molecular weight is 277 g/mol. The zero-order valence-electron chi connectivity index (χ0n) is 10.9. The summed E-state index contributed by atoms with van der Waals surface area (Å²) in [5.74, 6) is -2.36. The van der Waals surface area contributed by atoms with E-state index >= 15 is 0 Å². The van der Waals surface area contributed by atoms with Crippen LogP contribution in [0.3, 0.4) is 0 Å². The Morgan fingerprint density at radius 1 is 1.40 bits per heavy atom. The lowest BCUT2D eigenvalue weighted by molar-refractivity contribution is -0.138. The van der Waals surface area contributed by atoms with Gasteiger partial charge in [-0.25, -0.2) is 4.79 Å². The number of para-hydroxylation sites is 1. The van der Waals surface area contributed by atoms with E-state index in [1.165, 1.54) is 16.8 Å². The first-order chi connectivity index (χ1) is 9.41. The van der Waals surface area contributed by atoms with Crippen LogP contribution in [0.25, 0.3) is 0 Å². The van der Waals surface area contributed by atoms with Gasteiger partial charge in [-0.15, -0.1) is 0 Å². The molecule has 1 aromatic rings. The Kier molecular flexibility index (Phi) is 3.60. The molecule has 1 heterocycles. The van der Waals surface area contributed by atoms with Crippen LogP contribution in [-0.2, 0) is 9.59 Å². The van der Waals surface area contributed by atoms with Gasteiger partial charge < -0.3 is 15.7 Å². The third-order valence-electron chi connectivity index (χ3n) is 3.22. The minimum Gasteiger partial charge on any atom is -0.481 e. The third-order valence-corrected chi connectivity index (χ3v) is 3.22. The molecule has 1 atom stereocenters. The van der Waals surface area contributed by atoms with Gasteiger partial charge in [0.25, 0.3) is 0 Å². The lowest BCUT2D eigenvalue weighted by atomic mass is 10.0. The number of nitrogens with zero attached hydrogens (tertiary/aromatic N) is 2. The first-order valence-corrected chi connectivity index (χ1v) is 6.04. The van der Waals surface area contributed by atoms with E-state index in [4.69, 9.17) is 5.73 Å². The van der Waals surface area contributed by atoms with Gasteiger partial charge in [-0.1, -0.05) is 18.2 Å². The number of aliphatic carboxylic acids is 1. The second-order valence-electron chi connectivity index (χ2n) is 4.67. The summed E-state index contributed by atoms with van der Waals surface area (Å²) < 4.78 is 0. The number of likely N-dealkylation sites (N-methyl/N-ethyl adjacent to an activating group) is 1. The highest BCUT2D eigenvalue weighted by Gasteiger charge is 2.37. The van der Waals surface area contributed by atoms with Gasteiger partial charge in [-0.05, 0) is 11.6 Å². The van der Waals surface area contributed by atoms with Gasteiger partial charge in [0.2, 0.25) is 5.91 Å². The van der Waals surface area contributed by atoms with Crippen LogP contribution >= 0.6 is 0 Å². The Labute approximate surface area is 115 Å². The van der Waals surface area contributed by atoms with Crippen LogP contribution in [0.4, 0.5) is 10.5 Å². The van der Waals surface area contributed by atoms with Crippen molar-refractivity contribution in [3.05, 3.63) is 29.8 Å². The molecule has 1 aliphatic rings. The molecule has 0 bridgehead atoms. The molecule has 0 saturated carbocycles. The van der Waals surface area contributed by atoms with Crippen molar-refractivity contribution in [1.29, 1.82) is 0 Å². The van der Waals surface area contributed by atoms with Crippen molar-refractivity contribution in [2.45, 2.75) is 5.92 Å². The fourth-order valence-corrected chi connectivity index (χ4v) is 2.31. The Hall–Kier alpha value is -2.57. The molecule has 0 saturated heterocycles. The number of hydrogen-bond acceptors (Lipinski definition) is 3. The van der Waals surface area contributed by atoms with Crippen LogP contribution < -0.4 is 10.6 Å². The molecule has 7 heteroatoms. The van der Waals surface area contributed by atoms with Gasteiger partial charge in [-0.2, -0.15) is 0 Å². The monoisotopic (exact) mass is 277 g/mol. The van der Waals surface area contributed by atoms with E-state index in [9.17, 15) is 19.5 Å². The average Bonchev–Trinajstić information content (AvgIpc) is 2.76. The molecule has 2 rings (SSSR count). The van der Waals surface area contributed by atoms with Crippen LogP contribution in [0.15, 0.2) is 24.3 Å². The molecule has 0 aliphatic carbocycles. The lowest BCUT2D eigenvalue weighted by Gasteiger charge is -2.24. The number of benzene rings is 1. The van der Waals surface area contributed by atoms with Crippen molar-refractivity contribution in [3.8, 4) is 0 Å². The number of carboxylic acid groups (broad SMARTS) is 1. The SMILES string of the molecule is CN(CC(N)=O)C(=O)N1CC(C(=O)O)c2ccccc21. The number of nitrogens with two attached hydrogens (primary N) is 1. The standard InChI is InChI=1S/C13H15N3O4/c1-15(7-11(14)17)13(20)16-6-9(12(18)19)8-4-2-3-5-10(8)16/h2-5,9H,6-7H2,1H3,(H2,14,17)(H,18,19). The lowest BCUT2D eigenvalue weighted by Crippen LogP contribution is -2.44. The number of fused-ring (bicyclic) bond motifs is 1. The molecule has 1 unspecified atom stereocenters. The van der Waals surface area contributed by atoms with E-state index in [0.717, 1.165) is 0 Å². The number of hydrogen-bond donors (Lipinski definition) is 2. The predicted molar refractivity (Wildman–Crippen MR) is 71.4 cm³/mol. The number of primary amides is 1. The Balaban J connectivity index is 2.29. The maximum Gasteiger partial charge on any atom is 0.324 e. The molecule has 0 fully saturated rings. The molecule has 7 nitrogen and oxygen atoms in total. The highest BCUT2D eigenvalue weighted by molar-refractivity contribution is 5.99. The van der Waals surface area contributed by atoms with Crippen molar-refractivity contribution in [1.82, 2.24) is 4.90 Å². The molecular weight excluding hydrogens is 262 g/mol. The summed E-state index contributed by atoms with van der Waals surface area (Å²) in [4.78, 5) is 36.9. The molecule has 3 amide bonds. The van der Waals surface area contributed by atoms with Crippen LogP contribution in [-0.4, -0.2) is 48.1 Å². The van der Waals surface area contributed by atoms with Gasteiger partial charge in [-0.3, -0.25) is 14.5 Å². The molecule has 3 N–H and O–H groups in total. The number of urea groups is 1. The van der Waals surface area contributed by atoms with E-state index in [2.05, 4.69) is 0 Å². The van der Waals surface area contributed by atoms with Crippen molar-refractivity contribution in [2.75, 3.05) is 25.0 Å². The highest BCUT2D eigenvalue weighted by atomic mass is 16.4. The van der Waals surface area contributed by atoms with Crippen molar-refractivity contribution in [3.63, 3.8) is 0 Å². The van der Waals surface area contributed by atoms with Crippen LogP contribution in [0.1, 0.15) is 11.5 Å². The fourth-order valence-electron chi connectivity index (χ4n) is 2.31. The van der Waals surface area contributed by atoms with E-state index in [1.54, 1.807) is 24.3 Å². The van der Waals surface area contributed by atoms with Gasteiger partial charge in [0.05, 0.1) is 0 Å². The maximum absolute atomic E-state index is 12.3. The van der Waals surface area contributed by atoms with E-state index in [0.29, 0.717) is 11.3 Å². The Morgan fingerprint density at radius 3 is 2.65 bits per heavy atom. The zero-order valence-corrected chi connectivity index (χ0v) is 10.9. The summed E-state index contributed by atoms with van der Waals surface area (Å²) in [7, 11) is 1.45. The fraction of sp³-hybridized carbons (Fsp3) is 0.308. The van der Waals surface area contributed by atoms with Gasteiger partial charge in [0.1, 0.15) is 12.5 Å². The van der Waals surface area contributed by atoms with E-state index in [-0.39, 0.29) is 13.1 Å². The molecular formula is C13H15N3O4. The van der Waals surface area contributed by atoms with E-state index < -0.39 is 23.8 Å². The normalized spacial score (nSPS) is 16.6. The summed E-state index contributed by atoms with van der Waals surface area (Å²) in [5, 5.41) is 9.22.